The average molecular weight is 278 g/mol. The molecule has 3 heterocycles. The van der Waals surface area contributed by atoms with Crippen LogP contribution < -0.4 is 4.90 Å². The second-order valence-corrected chi connectivity index (χ2v) is 5.25. The minimum atomic E-state index is 0.222. The van der Waals surface area contributed by atoms with Crippen molar-refractivity contribution in [2.24, 2.45) is 0 Å². The van der Waals surface area contributed by atoms with Gasteiger partial charge in [0, 0.05) is 51.7 Å². The fourth-order valence-corrected chi connectivity index (χ4v) is 2.71. The molecule has 2 saturated heterocycles. The fraction of sp³-hybridized carbons (Fsp3) is 0.714. The molecule has 2 aliphatic rings. The van der Waals surface area contributed by atoms with Gasteiger partial charge in [-0.3, -0.25) is 4.90 Å². The van der Waals surface area contributed by atoms with Crippen LogP contribution in [0.4, 0.5) is 5.95 Å². The van der Waals surface area contributed by atoms with Gasteiger partial charge in [-0.05, 0) is 12.5 Å². The normalized spacial score (nSPS) is 25.4. The van der Waals surface area contributed by atoms with Crippen LogP contribution in [0.3, 0.4) is 0 Å². The van der Waals surface area contributed by atoms with Crippen molar-refractivity contribution in [1.82, 2.24) is 14.9 Å². The summed E-state index contributed by atoms with van der Waals surface area (Å²) >= 11 is 0. The van der Waals surface area contributed by atoms with Gasteiger partial charge in [-0.2, -0.15) is 0 Å². The zero-order valence-corrected chi connectivity index (χ0v) is 11.8. The number of morpholine rings is 1. The molecule has 1 aromatic heterocycles. The summed E-state index contributed by atoms with van der Waals surface area (Å²) in [5, 5.41) is 0. The molecule has 1 unspecified atom stereocenters. The fourth-order valence-electron chi connectivity index (χ4n) is 2.71. The van der Waals surface area contributed by atoms with E-state index in [1.807, 2.05) is 6.07 Å². The highest BCUT2D eigenvalue weighted by atomic mass is 16.5. The summed E-state index contributed by atoms with van der Waals surface area (Å²) in [5.41, 5.74) is 0. The highest BCUT2D eigenvalue weighted by molar-refractivity contribution is 5.28. The van der Waals surface area contributed by atoms with E-state index in [0.717, 1.165) is 64.9 Å². The van der Waals surface area contributed by atoms with Crippen LogP contribution in [0, 0.1) is 0 Å². The molecule has 1 atom stereocenters. The minimum Gasteiger partial charge on any atom is -0.379 e. The van der Waals surface area contributed by atoms with Crippen molar-refractivity contribution in [2.75, 3.05) is 57.4 Å². The molecule has 6 nitrogen and oxygen atoms in total. The minimum absolute atomic E-state index is 0.222. The summed E-state index contributed by atoms with van der Waals surface area (Å²) in [6, 6.07) is 1.85. The zero-order chi connectivity index (χ0) is 13.6. The highest BCUT2D eigenvalue weighted by Gasteiger charge is 2.23. The predicted molar refractivity (Wildman–Crippen MR) is 75.9 cm³/mol. The second-order valence-electron chi connectivity index (χ2n) is 5.25. The first-order chi connectivity index (χ1) is 9.92. The SMILES string of the molecule is c1cnc(N2CCCOC(CN3CCOCC3)C2)nc1. The lowest BCUT2D eigenvalue weighted by molar-refractivity contribution is -0.00511. The van der Waals surface area contributed by atoms with Crippen LogP contribution in [0.25, 0.3) is 0 Å². The van der Waals surface area contributed by atoms with Gasteiger partial charge in [0.1, 0.15) is 0 Å². The maximum atomic E-state index is 5.98. The molecule has 0 amide bonds. The van der Waals surface area contributed by atoms with Crippen molar-refractivity contribution in [3.8, 4) is 0 Å². The van der Waals surface area contributed by atoms with E-state index in [1.54, 1.807) is 12.4 Å². The van der Waals surface area contributed by atoms with E-state index in [2.05, 4.69) is 19.8 Å². The van der Waals surface area contributed by atoms with Gasteiger partial charge >= 0.3 is 0 Å². The summed E-state index contributed by atoms with van der Waals surface area (Å²) in [5.74, 6) is 0.810. The first kappa shape index (κ1) is 13.7. The molecule has 0 aliphatic carbocycles. The molecule has 110 valence electrons. The third-order valence-corrected chi connectivity index (χ3v) is 3.75. The van der Waals surface area contributed by atoms with E-state index >= 15 is 0 Å². The smallest absolute Gasteiger partial charge is 0.225 e. The van der Waals surface area contributed by atoms with E-state index in [0.29, 0.717) is 0 Å². The van der Waals surface area contributed by atoms with Crippen molar-refractivity contribution in [2.45, 2.75) is 12.5 Å². The van der Waals surface area contributed by atoms with Gasteiger partial charge in [-0.25, -0.2) is 9.97 Å². The second kappa shape index (κ2) is 6.97. The molecule has 0 N–H and O–H groups in total. The van der Waals surface area contributed by atoms with E-state index in [1.165, 1.54) is 0 Å². The standard InChI is InChI=1S/C14H22N4O2/c1-3-15-14(16-4-1)18-5-2-8-20-13(12-18)11-17-6-9-19-10-7-17/h1,3-4,13H,2,5-12H2. The van der Waals surface area contributed by atoms with E-state index in [4.69, 9.17) is 9.47 Å². The number of ether oxygens (including phenoxy) is 2. The summed E-state index contributed by atoms with van der Waals surface area (Å²) in [7, 11) is 0. The maximum absolute atomic E-state index is 5.98. The largest absolute Gasteiger partial charge is 0.379 e. The molecule has 0 bridgehead atoms. The van der Waals surface area contributed by atoms with Gasteiger partial charge < -0.3 is 14.4 Å². The van der Waals surface area contributed by atoms with Crippen LogP contribution in [0.5, 0.6) is 0 Å². The lowest BCUT2D eigenvalue weighted by Gasteiger charge is -2.31. The molecule has 0 radical (unpaired) electrons. The van der Waals surface area contributed by atoms with Gasteiger partial charge in [-0.15, -0.1) is 0 Å². The molecular weight excluding hydrogens is 256 g/mol. The Kier molecular flexibility index (Phi) is 4.78. The molecule has 1 aromatic rings. The predicted octanol–water partition coefficient (Wildman–Crippen LogP) is 0.404. The molecular formula is C14H22N4O2. The Balaban J connectivity index is 1.60. The Bertz CT molecular complexity index is 397. The number of nitrogens with zero attached hydrogens (tertiary/aromatic N) is 4. The Hall–Kier alpha value is -1.24. The lowest BCUT2D eigenvalue weighted by atomic mass is 10.3. The van der Waals surface area contributed by atoms with Gasteiger partial charge in [0.15, 0.2) is 0 Å². The molecule has 2 aliphatic heterocycles. The van der Waals surface area contributed by atoms with Gasteiger partial charge in [0.05, 0.1) is 19.3 Å². The van der Waals surface area contributed by atoms with Gasteiger partial charge in [0.25, 0.3) is 0 Å². The quantitative estimate of drug-likeness (QED) is 0.798. The van der Waals surface area contributed by atoms with Crippen LogP contribution >= 0.6 is 0 Å². The molecule has 2 fully saturated rings. The van der Waals surface area contributed by atoms with E-state index in [9.17, 15) is 0 Å². The van der Waals surface area contributed by atoms with E-state index in [-0.39, 0.29) is 6.10 Å². The third-order valence-electron chi connectivity index (χ3n) is 3.75. The topological polar surface area (TPSA) is 50.7 Å². The number of rotatable bonds is 3. The highest BCUT2D eigenvalue weighted by Crippen LogP contribution is 2.13. The van der Waals surface area contributed by atoms with Crippen LogP contribution in [0.1, 0.15) is 6.42 Å². The number of hydrogen-bond acceptors (Lipinski definition) is 6. The van der Waals surface area contributed by atoms with E-state index < -0.39 is 0 Å². The number of anilines is 1. The molecule has 6 heteroatoms. The summed E-state index contributed by atoms with van der Waals surface area (Å²) in [6.45, 7) is 7.27. The van der Waals surface area contributed by atoms with Crippen molar-refractivity contribution in [1.29, 1.82) is 0 Å². The van der Waals surface area contributed by atoms with Crippen LogP contribution in [0.2, 0.25) is 0 Å². The summed E-state index contributed by atoms with van der Waals surface area (Å²) in [4.78, 5) is 13.4. The van der Waals surface area contributed by atoms with Crippen molar-refractivity contribution < 1.29 is 9.47 Å². The Morgan fingerprint density at radius 1 is 1.10 bits per heavy atom. The zero-order valence-electron chi connectivity index (χ0n) is 11.8. The third kappa shape index (κ3) is 3.65. The molecule has 3 rings (SSSR count). The molecule has 20 heavy (non-hydrogen) atoms. The van der Waals surface area contributed by atoms with Crippen LogP contribution in [-0.2, 0) is 9.47 Å². The Morgan fingerprint density at radius 2 is 1.90 bits per heavy atom. The number of aromatic nitrogens is 2. The maximum Gasteiger partial charge on any atom is 0.225 e. The van der Waals surface area contributed by atoms with Crippen molar-refractivity contribution in [3.05, 3.63) is 18.5 Å². The molecule has 0 spiro atoms. The molecule has 0 saturated carbocycles. The van der Waals surface area contributed by atoms with Crippen molar-refractivity contribution >= 4 is 5.95 Å². The first-order valence-corrected chi connectivity index (χ1v) is 7.35. The monoisotopic (exact) mass is 278 g/mol. The number of hydrogen-bond donors (Lipinski definition) is 0. The van der Waals surface area contributed by atoms with Crippen LogP contribution in [0.15, 0.2) is 18.5 Å². The Morgan fingerprint density at radius 3 is 2.70 bits per heavy atom. The summed E-state index contributed by atoms with van der Waals surface area (Å²) < 4.78 is 11.4. The van der Waals surface area contributed by atoms with Crippen molar-refractivity contribution in [3.63, 3.8) is 0 Å². The van der Waals surface area contributed by atoms with Gasteiger partial charge in [-0.1, -0.05) is 0 Å². The summed E-state index contributed by atoms with van der Waals surface area (Å²) in [6.07, 6.45) is 4.84. The Labute approximate surface area is 119 Å². The van der Waals surface area contributed by atoms with Crippen LogP contribution in [-0.4, -0.2) is 73.5 Å². The van der Waals surface area contributed by atoms with Gasteiger partial charge in [0.2, 0.25) is 5.95 Å². The average Bonchev–Trinajstić information content (AvgIpc) is 2.75. The lowest BCUT2D eigenvalue weighted by Crippen LogP contribution is -2.45. The first-order valence-electron chi connectivity index (χ1n) is 7.35. The molecule has 0 aromatic carbocycles.